The Bertz CT molecular complexity index is 469. The van der Waals surface area contributed by atoms with Crippen LogP contribution in [0.25, 0.3) is 0 Å². The van der Waals surface area contributed by atoms with E-state index in [4.69, 9.17) is 14.2 Å². The van der Waals surface area contributed by atoms with E-state index in [0.717, 1.165) is 0 Å². The lowest BCUT2D eigenvalue weighted by Gasteiger charge is -2.16. The van der Waals surface area contributed by atoms with Gasteiger partial charge in [0, 0.05) is 24.6 Å². The molecule has 1 unspecified atom stereocenters. The van der Waals surface area contributed by atoms with E-state index in [9.17, 15) is 4.79 Å². The van der Waals surface area contributed by atoms with Crippen LogP contribution in [0.1, 0.15) is 6.92 Å². The lowest BCUT2D eigenvalue weighted by atomic mass is 10.1. The van der Waals surface area contributed by atoms with Gasteiger partial charge < -0.3 is 24.8 Å². The number of anilines is 1. The molecule has 0 spiro atoms. The second-order valence-corrected chi connectivity index (χ2v) is 4.36. The zero-order valence-corrected chi connectivity index (χ0v) is 13.8. The van der Waals surface area contributed by atoms with Gasteiger partial charge in [-0.25, -0.2) is 0 Å². The maximum absolute atomic E-state index is 12.0. The maximum atomic E-state index is 12.0. The highest BCUT2D eigenvalue weighted by Crippen LogP contribution is 2.37. The molecule has 6 nitrogen and oxygen atoms in total. The Hall–Kier alpha value is -1.66. The lowest BCUT2D eigenvalue weighted by molar-refractivity contribution is -0.119. The van der Waals surface area contributed by atoms with Gasteiger partial charge in [0.1, 0.15) is 5.75 Å². The second-order valence-electron chi connectivity index (χ2n) is 4.36. The van der Waals surface area contributed by atoms with Crippen molar-refractivity contribution in [2.75, 3.05) is 40.2 Å². The van der Waals surface area contributed by atoms with Crippen LogP contribution in [0.15, 0.2) is 12.1 Å². The van der Waals surface area contributed by atoms with E-state index >= 15 is 0 Å². The molecule has 0 aromatic heterocycles. The van der Waals surface area contributed by atoms with Gasteiger partial charge in [-0.15, -0.1) is 12.4 Å². The molecule has 0 aliphatic carbocycles. The first-order valence-electron chi connectivity index (χ1n) is 6.32. The highest BCUT2D eigenvalue weighted by Gasteiger charge is 2.17. The van der Waals surface area contributed by atoms with Crippen molar-refractivity contribution in [3.05, 3.63) is 12.1 Å². The number of ether oxygens (including phenoxy) is 3. The molecule has 21 heavy (non-hydrogen) atoms. The molecular formula is C14H23ClN2O4. The minimum absolute atomic E-state index is 0. The Morgan fingerprint density at radius 3 is 2.10 bits per heavy atom. The molecule has 1 atom stereocenters. The standard InChI is InChI=1S/C14H22N2O4.ClH/c1-9(8-15-2)14(17)16-10-6-12(19-4)13(20-5)7-11(10)18-3;/h6-7,9,15H,8H2,1-5H3,(H,16,17);1H. The summed E-state index contributed by atoms with van der Waals surface area (Å²) in [5.41, 5.74) is 0.554. The van der Waals surface area contributed by atoms with Crippen LogP contribution in [-0.2, 0) is 4.79 Å². The average Bonchev–Trinajstić information content (AvgIpc) is 2.46. The third kappa shape index (κ3) is 4.99. The van der Waals surface area contributed by atoms with Crippen LogP contribution < -0.4 is 24.8 Å². The summed E-state index contributed by atoms with van der Waals surface area (Å²) in [5.74, 6) is 1.35. The number of rotatable bonds is 7. The third-order valence-electron chi connectivity index (χ3n) is 2.92. The van der Waals surface area contributed by atoms with Gasteiger partial charge >= 0.3 is 0 Å². The molecule has 0 radical (unpaired) electrons. The molecule has 0 aliphatic rings. The molecule has 120 valence electrons. The number of hydrogen-bond acceptors (Lipinski definition) is 5. The number of benzene rings is 1. The van der Waals surface area contributed by atoms with Crippen LogP contribution in [0, 0.1) is 5.92 Å². The van der Waals surface area contributed by atoms with E-state index in [1.165, 1.54) is 7.11 Å². The van der Waals surface area contributed by atoms with E-state index in [0.29, 0.717) is 29.5 Å². The Labute approximate surface area is 131 Å². The van der Waals surface area contributed by atoms with Crippen molar-refractivity contribution in [2.24, 2.45) is 5.92 Å². The van der Waals surface area contributed by atoms with Crippen molar-refractivity contribution < 1.29 is 19.0 Å². The molecule has 0 fully saturated rings. The topological polar surface area (TPSA) is 68.8 Å². The van der Waals surface area contributed by atoms with Gasteiger partial charge in [0.05, 0.1) is 27.0 Å². The van der Waals surface area contributed by atoms with Crippen molar-refractivity contribution >= 4 is 24.0 Å². The zero-order valence-electron chi connectivity index (χ0n) is 13.0. The van der Waals surface area contributed by atoms with Crippen LogP contribution >= 0.6 is 12.4 Å². The van der Waals surface area contributed by atoms with Crippen molar-refractivity contribution in [2.45, 2.75) is 6.92 Å². The highest BCUT2D eigenvalue weighted by atomic mass is 35.5. The summed E-state index contributed by atoms with van der Waals surface area (Å²) < 4.78 is 15.7. The first-order chi connectivity index (χ1) is 9.57. The number of amides is 1. The normalized spacial score (nSPS) is 11.1. The van der Waals surface area contributed by atoms with E-state index < -0.39 is 0 Å². The summed E-state index contributed by atoms with van der Waals surface area (Å²) >= 11 is 0. The number of halogens is 1. The number of nitrogens with one attached hydrogen (secondary N) is 2. The Morgan fingerprint density at radius 2 is 1.62 bits per heavy atom. The smallest absolute Gasteiger partial charge is 0.228 e. The first kappa shape index (κ1) is 19.3. The lowest BCUT2D eigenvalue weighted by Crippen LogP contribution is -2.28. The molecule has 7 heteroatoms. The van der Waals surface area contributed by atoms with Crippen LogP contribution in [0.4, 0.5) is 5.69 Å². The average molecular weight is 319 g/mol. The number of methoxy groups -OCH3 is 3. The first-order valence-corrected chi connectivity index (χ1v) is 6.32. The van der Waals surface area contributed by atoms with Gasteiger partial charge in [-0.2, -0.15) is 0 Å². The maximum Gasteiger partial charge on any atom is 0.228 e. The quantitative estimate of drug-likeness (QED) is 0.804. The van der Waals surface area contributed by atoms with Crippen molar-refractivity contribution in [3.8, 4) is 17.2 Å². The van der Waals surface area contributed by atoms with E-state index in [-0.39, 0.29) is 24.2 Å². The predicted octanol–water partition coefficient (Wildman–Crippen LogP) is 1.93. The van der Waals surface area contributed by atoms with Gasteiger partial charge in [0.15, 0.2) is 11.5 Å². The molecular weight excluding hydrogens is 296 g/mol. The molecule has 2 N–H and O–H groups in total. The van der Waals surface area contributed by atoms with E-state index in [2.05, 4.69) is 10.6 Å². The largest absolute Gasteiger partial charge is 0.494 e. The minimum Gasteiger partial charge on any atom is -0.494 e. The summed E-state index contributed by atoms with van der Waals surface area (Å²) in [6.45, 7) is 2.44. The van der Waals surface area contributed by atoms with Gasteiger partial charge in [-0.3, -0.25) is 4.79 Å². The molecule has 0 saturated heterocycles. The summed E-state index contributed by atoms with van der Waals surface area (Å²) in [6, 6.07) is 3.36. The van der Waals surface area contributed by atoms with E-state index in [1.54, 1.807) is 33.4 Å². The Kier molecular flexibility index (Phi) is 8.57. The summed E-state index contributed by atoms with van der Waals surface area (Å²) in [6.07, 6.45) is 0. The minimum atomic E-state index is -0.155. The summed E-state index contributed by atoms with van der Waals surface area (Å²) in [4.78, 5) is 12.0. The summed E-state index contributed by atoms with van der Waals surface area (Å²) in [5, 5.41) is 5.80. The number of hydrogen-bond donors (Lipinski definition) is 2. The number of carbonyl (C=O) groups is 1. The fourth-order valence-corrected chi connectivity index (χ4v) is 1.78. The fourth-order valence-electron chi connectivity index (χ4n) is 1.78. The van der Waals surface area contributed by atoms with Gasteiger partial charge in [0.25, 0.3) is 0 Å². The van der Waals surface area contributed by atoms with E-state index in [1.807, 2.05) is 6.92 Å². The molecule has 1 aromatic carbocycles. The van der Waals surface area contributed by atoms with Crippen molar-refractivity contribution in [1.29, 1.82) is 0 Å². The highest BCUT2D eigenvalue weighted by molar-refractivity contribution is 5.94. The predicted molar refractivity (Wildman–Crippen MR) is 85.1 cm³/mol. The van der Waals surface area contributed by atoms with Gasteiger partial charge in [-0.05, 0) is 7.05 Å². The molecule has 1 amide bonds. The second kappa shape index (κ2) is 9.31. The molecule has 0 aliphatic heterocycles. The zero-order chi connectivity index (χ0) is 15.1. The fraction of sp³-hybridized carbons (Fsp3) is 0.500. The summed E-state index contributed by atoms with van der Waals surface area (Å²) in [7, 11) is 6.43. The molecule has 0 saturated carbocycles. The van der Waals surface area contributed by atoms with Crippen LogP contribution in [0.5, 0.6) is 17.2 Å². The molecule has 1 rings (SSSR count). The van der Waals surface area contributed by atoms with Crippen molar-refractivity contribution in [3.63, 3.8) is 0 Å². The molecule has 0 bridgehead atoms. The van der Waals surface area contributed by atoms with Crippen LogP contribution in [-0.4, -0.2) is 40.8 Å². The third-order valence-corrected chi connectivity index (χ3v) is 2.92. The van der Waals surface area contributed by atoms with Crippen molar-refractivity contribution in [1.82, 2.24) is 5.32 Å². The van der Waals surface area contributed by atoms with Crippen LogP contribution in [0.2, 0.25) is 0 Å². The monoisotopic (exact) mass is 318 g/mol. The SMILES string of the molecule is CNCC(C)C(=O)Nc1cc(OC)c(OC)cc1OC.Cl. The molecule has 0 heterocycles. The van der Waals surface area contributed by atoms with Gasteiger partial charge in [0.2, 0.25) is 5.91 Å². The number of carbonyl (C=O) groups excluding carboxylic acids is 1. The van der Waals surface area contributed by atoms with Gasteiger partial charge in [-0.1, -0.05) is 6.92 Å². The van der Waals surface area contributed by atoms with Crippen LogP contribution in [0.3, 0.4) is 0 Å². The Balaban J connectivity index is 0.00000400. The molecule has 1 aromatic rings. The Morgan fingerprint density at radius 1 is 1.10 bits per heavy atom.